The fourth-order valence-corrected chi connectivity index (χ4v) is 2.08. The highest BCUT2D eigenvalue weighted by atomic mass is 16.5. The number of benzene rings is 2. The Kier molecular flexibility index (Phi) is 4.35. The van der Waals surface area contributed by atoms with E-state index in [4.69, 9.17) is 0 Å². The number of methoxy groups -OCH3 is 1. The first-order valence-electron chi connectivity index (χ1n) is 6.42. The standard InChI is InChI=1S/C17H18O2/c1-13-5-3-7-15(11-13)16-8-4-6-14(12-16)9-10-17(18)19-2/h3-8,11-12H,9-10H2,1-2H3. The van der Waals surface area contributed by atoms with Gasteiger partial charge >= 0.3 is 5.97 Å². The van der Waals surface area contributed by atoms with E-state index < -0.39 is 0 Å². The fraction of sp³-hybridized carbons (Fsp3) is 0.235. The van der Waals surface area contributed by atoms with Crippen LogP contribution in [0, 0.1) is 6.92 Å². The van der Waals surface area contributed by atoms with Gasteiger partial charge in [-0.2, -0.15) is 0 Å². The van der Waals surface area contributed by atoms with E-state index in [1.807, 2.05) is 12.1 Å². The molecule has 2 heteroatoms. The predicted molar refractivity (Wildman–Crippen MR) is 77.0 cm³/mol. The third kappa shape index (κ3) is 3.68. The molecule has 0 saturated heterocycles. The molecule has 0 amide bonds. The molecule has 0 saturated carbocycles. The number of carbonyl (C=O) groups is 1. The normalized spacial score (nSPS) is 10.2. The average molecular weight is 254 g/mol. The number of carbonyl (C=O) groups excluding carboxylic acids is 1. The van der Waals surface area contributed by atoms with Gasteiger partial charge in [0.1, 0.15) is 0 Å². The summed E-state index contributed by atoms with van der Waals surface area (Å²) >= 11 is 0. The lowest BCUT2D eigenvalue weighted by Crippen LogP contribution is -2.01. The molecule has 0 aliphatic heterocycles. The molecular weight excluding hydrogens is 236 g/mol. The van der Waals surface area contributed by atoms with Crippen LogP contribution in [0.1, 0.15) is 17.5 Å². The van der Waals surface area contributed by atoms with Crippen molar-refractivity contribution in [3.8, 4) is 11.1 Å². The number of ether oxygens (including phenoxy) is 1. The van der Waals surface area contributed by atoms with Gasteiger partial charge in [-0.05, 0) is 30.0 Å². The highest BCUT2D eigenvalue weighted by Crippen LogP contribution is 2.22. The van der Waals surface area contributed by atoms with Gasteiger partial charge in [0.2, 0.25) is 0 Å². The maximum Gasteiger partial charge on any atom is 0.305 e. The minimum atomic E-state index is -0.166. The van der Waals surface area contributed by atoms with Gasteiger partial charge in [0.15, 0.2) is 0 Å². The molecule has 0 aromatic heterocycles. The molecule has 0 atom stereocenters. The van der Waals surface area contributed by atoms with Crippen LogP contribution < -0.4 is 0 Å². The largest absolute Gasteiger partial charge is 0.469 e. The summed E-state index contributed by atoms with van der Waals surface area (Å²) in [6.07, 6.45) is 1.14. The summed E-state index contributed by atoms with van der Waals surface area (Å²) in [6, 6.07) is 16.7. The lowest BCUT2D eigenvalue weighted by molar-refractivity contribution is -0.140. The lowest BCUT2D eigenvalue weighted by Gasteiger charge is -2.06. The van der Waals surface area contributed by atoms with Crippen LogP contribution in [0.2, 0.25) is 0 Å². The van der Waals surface area contributed by atoms with Crippen molar-refractivity contribution >= 4 is 5.97 Å². The Morgan fingerprint density at radius 3 is 2.42 bits per heavy atom. The summed E-state index contributed by atoms with van der Waals surface area (Å²) < 4.78 is 4.66. The van der Waals surface area contributed by atoms with E-state index >= 15 is 0 Å². The molecule has 98 valence electrons. The van der Waals surface area contributed by atoms with E-state index in [0.29, 0.717) is 12.8 Å². The van der Waals surface area contributed by atoms with Gasteiger partial charge in [0.25, 0.3) is 0 Å². The van der Waals surface area contributed by atoms with Gasteiger partial charge in [-0.1, -0.05) is 54.1 Å². The Hall–Kier alpha value is -2.09. The Morgan fingerprint density at radius 1 is 1.05 bits per heavy atom. The fourth-order valence-electron chi connectivity index (χ4n) is 2.08. The van der Waals surface area contributed by atoms with Crippen molar-refractivity contribution < 1.29 is 9.53 Å². The molecule has 0 fully saturated rings. The SMILES string of the molecule is COC(=O)CCc1cccc(-c2cccc(C)c2)c1. The molecule has 19 heavy (non-hydrogen) atoms. The quantitative estimate of drug-likeness (QED) is 0.776. The van der Waals surface area contributed by atoms with E-state index in [1.54, 1.807) is 0 Å². The molecule has 0 aliphatic carbocycles. The zero-order valence-electron chi connectivity index (χ0n) is 11.3. The van der Waals surface area contributed by atoms with Gasteiger partial charge in [-0.15, -0.1) is 0 Å². The second kappa shape index (κ2) is 6.19. The average Bonchev–Trinajstić information content (AvgIpc) is 2.45. The monoisotopic (exact) mass is 254 g/mol. The molecule has 2 nitrogen and oxygen atoms in total. The second-order valence-corrected chi connectivity index (χ2v) is 4.65. The van der Waals surface area contributed by atoms with Gasteiger partial charge in [0, 0.05) is 6.42 Å². The number of hydrogen-bond acceptors (Lipinski definition) is 2. The van der Waals surface area contributed by atoms with Crippen LogP contribution in [0.15, 0.2) is 48.5 Å². The smallest absolute Gasteiger partial charge is 0.305 e. The van der Waals surface area contributed by atoms with Crippen LogP contribution in [0.4, 0.5) is 0 Å². The van der Waals surface area contributed by atoms with Crippen molar-refractivity contribution in [2.24, 2.45) is 0 Å². The first-order chi connectivity index (χ1) is 9.19. The number of rotatable bonds is 4. The molecule has 0 aliphatic rings. The molecular formula is C17H18O2. The third-order valence-electron chi connectivity index (χ3n) is 3.12. The van der Waals surface area contributed by atoms with E-state index in [9.17, 15) is 4.79 Å². The zero-order valence-corrected chi connectivity index (χ0v) is 11.3. The zero-order chi connectivity index (χ0) is 13.7. The maximum atomic E-state index is 11.2. The summed E-state index contributed by atoms with van der Waals surface area (Å²) in [4.78, 5) is 11.2. The van der Waals surface area contributed by atoms with Crippen LogP contribution in [0.25, 0.3) is 11.1 Å². The number of esters is 1. The summed E-state index contributed by atoms with van der Waals surface area (Å²) in [6.45, 7) is 2.09. The van der Waals surface area contributed by atoms with Crippen LogP contribution in [-0.2, 0) is 16.0 Å². The Bertz CT molecular complexity index is 573. The first kappa shape index (κ1) is 13.3. The minimum Gasteiger partial charge on any atom is -0.469 e. The van der Waals surface area contributed by atoms with Crippen LogP contribution >= 0.6 is 0 Å². The second-order valence-electron chi connectivity index (χ2n) is 4.65. The van der Waals surface area contributed by atoms with Crippen molar-refractivity contribution in [3.63, 3.8) is 0 Å². The Labute approximate surface area is 114 Å². The predicted octanol–water partition coefficient (Wildman–Crippen LogP) is 3.77. The van der Waals surface area contributed by atoms with Crippen molar-refractivity contribution in [3.05, 3.63) is 59.7 Å². The molecule has 0 radical (unpaired) electrons. The highest BCUT2D eigenvalue weighted by molar-refractivity contribution is 5.70. The van der Waals surface area contributed by atoms with Gasteiger partial charge in [-0.25, -0.2) is 0 Å². The van der Waals surface area contributed by atoms with Gasteiger partial charge < -0.3 is 4.74 Å². The van der Waals surface area contributed by atoms with Crippen molar-refractivity contribution in [1.82, 2.24) is 0 Å². The van der Waals surface area contributed by atoms with E-state index in [0.717, 1.165) is 5.56 Å². The van der Waals surface area contributed by atoms with Crippen molar-refractivity contribution in [2.75, 3.05) is 7.11 Å². The molecule has 2 rings (SSSR count). The Balaban J connectivity index is 2.17. The first-order valence-corrected chi connectivity index (χ1v) is 6.42. The summed E-state index contributed by atoms with van der Waals surface area (Å²) in [7, 11) is 1.42. The summed E-state index contributed by atoms with van der Waals surface area (Å²) in [5.74, 6) is -0.166. The summed E-state index contributed by atoms with van der Waals surface area (Å²) in [5.41, 5.74) is 4.80. The maximum absolute atomic E-state index is 11.2. The molecule has 0 spiro atoms. The van der Waals surface area contributed by atoms with Crippen LogP contribution in [-0.4, -0.2) is 13.1 Å². The molecule has 2 aromatic rings. The van der Waals surface area contributed by atoms with E-state index in [1.165, 1.54) is 23.8 Å². The number of aryl methyl sites for hydroxylation is 2. The summed E-state index contributed by atoms with van der Waals surface area (Å²) in [5, 5.41) is 0. The molecule has 0 bridgehead atoms. The van der Waals surface area contributed by atoms with Crippen molar-refractivity contribution in [1.29, 1.82) is 0 Å². The van der Waals surface area contributed by atoms with Crippen molar-refractivity contribution in [2.45, 2.75) is 19.8 Å². The highest BCUT2D eigenvalue weighted by Gasteiger charge is 2.03. The molecule has 0 unspecified atom stereocenters. The lowest BCUT2D eigenvalue weighted by atomic mass is 10.00. The topological polar surface area (TPSA) is 26.3 Å². The van der Waals surface area contributed by atoms with Crippen LogP contribution in [0.3, 0.4) is 0 Å². The van der Waals surface area contributed by atoms with Crippen LogP contribution in [0.5, 0.6) is 0 Å². The molecule has 0 N–H and O–H groups in total. The Morgan fingerprint density at radius 2 is 1.74 bits per heavy atom. The van der Waals surface area contributed by atoms with Gasteiger partial charge in [-0.3, -0.25) is 4.79 Å². The minimum absolute atomic E-state index is 0.166. The van der Waals surface area contributed by atoms with E-state index in [2.05, 4.69) is 48.1 Å². The van der Waals surface area contributed by atoms with E-state index in [-0.39, 0.29) is 5.97 Å². The third-order valence-corrected chi connectivity index (χ3v) is 3.12. The van der Waals surface area contributed by atoms with Gasteiger partial charge in [0.05, 0.1) is 7.11 Å². The molecule has 0 heterocycles. The number of hydrogen-bond donors (Lipinski definition) is 0. The molecule has 2 aromatic carbocycles.